The average molecular weight is 544 g/mol. The highest BCUT2D eigenvalue weighted by Crippen LogP contribution is 2.31. The number of amides is 1. The molecule has 0 aromatic rings. The van der Waals surface area contributed by atoms with E-state index in [1.54, 1.807) is 0 Å². The summed E-state index contributed by atoms with van der Waals surface area (Å²) in [4.78, 5) is 11.7. The molecule has 0 aromatic heterocycles. The van der Waals surface area contributed by atoms with Gasteiger partial charge in [-0.2, -0.15) is 0 Å². The van der Waals surface area contributed by atoms with Gasteiger partial charge in [-0.25, -0.2) is 0 Å². The minimum absolute atomic E-state index is 0.602. The van der Waals surface area contributed by atoms with E-state index in [2.05, 4.69) is 5.32 Å². The lowest BCUT2D eigenvalue weighted by atomic mass is 9.94. The first-order valence-electron chi connectivity index (χ1n) is 11.7. The molecule has 0 saturated carbocycles. The number of aliphatic hydroxyl groups excluding tert-OH is 8. The molecule has 17 heteroatoms. The topological polar surface area (TPSA) is 289 Å². The van der Waals surface area contributed by atoms with Gasteiger partial charge in [-0.15, -0.1) is 0 Å². The van der Waals surface area contributed by atoms with E-state index < -0.39 is 118 Å². The van der Waals surface area contributed by atoms with E-state index in [-0.39, 0.29) is 0 Å². The van der Waals surface area contributed by atoms with E-state index in [1.165, 1.54) is 0 Å². The second kappa shape index (κ2) is 12.8. The Hall–Kier alpha value is -1.13. The van der Waals surface area contributed by atoms with Crippen LogP contribution in [0.4, 0.5) is 0 Å². The molecule has 15 unspecified atom stereocenters. The third kappa shape index (κ3) is 6.38. The summed E-state index contributed by atoms with van der Waals surface area (Å²) in [5, 5.41) is 83.1. The van der Waals surface area contributed by atoms with Crippen molar-refractivity contribution in [2.75, 3.05) is 19.8 Å². The van der Waals surface area contributed by atoms with Gasteiger partial charge in [0.05, 0.1) is 31.9 Å². The molecule has 1 amide bonds. The van der Waals surface area contributed by atoms with Crippen molar-refractivity contribution < 1.29 is 69.3 Å². The molecule has 3 fully saturated rings. The number of rotatable bonds is 8. The average Bonchev–Trinajstić information content (AvgIpc) is 2.87. The number of carbonyl (C=O) groups excluding carboxylic acids is 1. The van der Waals surface area contributed by atoms with E-state index in [4.69, 9.17) is 35.2 Å². The van der Waals surface area contributed by atoms with Crippen LogP contribution in [-0.4, -0.2) is 159 Å². The van der Waals surface area contributed by atoms with Gasteiger partial charge >= 0.3 is 0 Å². The minimum atomic E-state index is -1.62. The van der Waals surface area contributed by atoms with E-state index in [1.807, 2.05) is 0 Å². The summed E-state index contributed by atoms with van der Waals surface area (Å²) in [5.41, 5.74) is 11.8. The maximum atomic E-state index is 11.7. The van der Waals surface area contributed by atoms with E-state index in [0.29, 0.717) is 0 Å². The molecule has 15 atom stereocenters. The van der Waals surface area contributed by atoms with E-state index in [0.717, 1.165) is 6.92 Å². The largest absolute Gasteiger partial charge is 0.394 e. The number of aliphatic hydroxyl groups is 8. The summed E-state index contributed by atoms with van der Waals surface area (Å²) >= 11 is 0. The summed E-state index contributed by atoms with van der Waals surface area (Å²) in [7, 11) is 0. The Labute approximate surface area is 211 Å². The van der Waals surface area contributed by atoms with Crippen molar-refractivity contribution in [1.82, 2.24) is 5.32 Å². The van der Waals surface area contributed by atoms with Crippen molar-refractivity contribution >= 4 is 5.91 Å². The molecule has 17 nitrogen and oxygen atoms in total. The van der Waals surface area contributed by atoms with Crippen LogP contribution in [0.1, 0.15) is 6.92 Å². The van der Waals surface area contributed by atoms with Gasteiger partial charge in [-0.05, 0) is 0 Å². The number of hydrogen-bond donors (Lipinski definition) is 11. The summed E-state index contributed by atoms with van der Waals surface area (Å²) in [6.07, 6.45) is -17.5. The molecule has 3 aliphatic rings. The smallest absolute Gasteiger partial charge is 0.217 e. The zero-order chi connectivity index (χ0) is 27.6. The Kier molecular flexibility index (Phi) is 10.5. The van der Waals surface area contributed by atoms with Crippen LogP contribution in [-0.2, 0) is 28.5 Å². The van der Waals surface area contributed by atoms with E-state index >= 15 is 0 Å². The van der Waals surface area contributed by atoms with Crippen LogP contribution in [0, 0.1) is 0 Å². The molecule has 0 aromatic carbocycles. The van der Waals surface area contributed by atoms with Crippen LogP contribution in [0.5, 0.6) is 0 Å². The van der Waals surface area contributed by atoms with Crippen molar-refractivity contribution in [3.8, 4) is 0 Å². The number of ether oxygens (including phenoxy) is 5. The van der Waals surface area contributed by atoms with Gasteiger partial charge in [-0.3, -0.25) is 4.79 Å². The van der Waals surface area contributed by atoms with Crippen LogP contribution in [0.15, 0.2) is 0 Å². The third-order valence-electron chi connectivity index (χ3n) is 6.65. The quantitative estimate of drug-likeness (QED) is 0.135. The Morgan fingerprint density at radius 2 is 1.22 bits per heavy atom. The Morgan fingerprint density at radius 1 is 0.730 bits per heavy atom. The lowest BCUT2D eigenvalue weighted by Gasteiger charge is -2.49. The predicted octanol–water partition coefficient (Wildman–Crippen LogP) is -7.50. The Morgan fingerprint density at radius 3 is 1.76 bits per heavy atom. The van der Waals surface area contributed by atoms with Gasteiger partial charge in [0, 0.05) is 6.92 Å². The molecule has 0 spiro atoms. The van der Waals surface area contributed by atoms with Gasteiger partial charge in [0.1, 0.15) is 61.0 Å². The summed E-state index contributed by atoms with van der Waals surface area (Å²) in [6, 6.07) is -4.01. The zero-order valence-corrected chi connectivity index (χ0v) is 20.0. The van der Waals surface area contributed by atoms with E-state index in [9.17, 15) is 45.6 Å². The molecule has 0 bridgehead atoms. The molecule has 3 aliphatic heterocycles. The lowest BCUT2D eigenvalue weighted by Crippen LogP contribution is -2.69. The van der Waals surface area contributed by atoms with Crippen LogP contribution in [0.3, 0.4) is 0 Å². The molecule has 0 aliphatic carbocycles. The molecule has 3 saturated heterocycles. The first-order valence-corrected chi connectivity index (χ1v) is 11.7. The highest BCUT2D eigenvalue weighted by atomic mass is 16.7. The number of hydrogen-bond acceptors (Lipinski definition) is 16. The second-order valence-electron chi connectivity index (χ2n) is 9.24. The number of nitrogens with two attached hydrogens (primary N) is 2. The first-order chi connectivity index (χ1) is 17.4. The van der Waals surface area contributed by atoms with Crippen molar-refractivity contribution in [3.05, 3.63) is 0 Å². The third-order valence-corrected chi connectivity index (χ3v) is 6.65. The molecule has 13 N–H and O–H groups in total. The lowest BCUT2D eigenvalue weighted by molar-refractivity contribution is -0.349. The molecule has 37 heavy (non-hydrogen) atoms. The predicted molar refractivity (Wildman–Crippen MR) is 117 cm³/mol. The molecule has 216 valence electrons. The zero-order valence-electron chi connectivity index (χ0n) is 20.0. The number of nitrogens with one attached hydrogen (secondary N) is 1. The monoisotopic (exact) mass is 543 g/mol. The standard InChI is InChI=1S/C20H37N3O14/c1-5(27)23-11-15(31)12(28)6(2-24)34-20(11)37-17-8(4-26)35-19(10(22)14(17)30)36-16-7(3-25)33-18(32)9(21)13(16)29/h6-20,24-26,28-32H,2-4,21-22H2,1H3,(H,23,27). The van der Waals surface area contributed by atoms with Crippen LogP contribution < -0.4 is 16.8 Å². The minimum Gasteiger partial charge on any atom is -0.394 e. The fourth-order valence-electron chi connectivity index (χ4n) is 4.54. The Balaban J connectivity index is 1.77. The maximum Gasteiger partial charge on any atom is 0.217 e. The fourth-order valence-corrected chi connectivity index (χ4v) is 4.54. The fraction of sp³-hybridized carbons (Fsp3) is 0.950. The molecule has 3 heterocycles. The Bertz CT molecular complexity index is 749. The highest BCUT2D eigenvalue weighted by Gasteiger charge is 2.52. The summed E-state index contributed by atoms with van der Waals surface area (Å²) < 4.78 is 27.7. The van der Waals surface area contributed by atoms with Crippen molar-refractivity contribution in [2.45, 2.75) is 98.9 Å². The van der Waals surface area contributed by atoms with Crippen molar-refractivity contribution in [2.24, 2.45) is 11.5 Å². The maximum absolute atomic E-state index is 11.7. The SMILES string of the molecule is CC(=O)NC1C(OC2C(CO)OC(OC3C(CO)OC(O)C(N)C3O)C(N)C2O)OC(CO)C(O)C1O. The molecular formula is C20H37N3O14. The van der Waals surface area contributed by atoms with Gasteiger partial charge in [-0.1, -0.05) is 0 Å². The summed E-state index contributed by atoms with van der Waals surface area (Å²) in [5.74, 6) is -0.602. The van der Waals surface area contributed by atoms with Crippen molar-refractivity contribution in [1.29, 1.82) is 0 Å². The van der Waals surface area contributed by atoms with Gasteiger partial charge in [0.2, 0.25) is 5.91 Å². The van der Waals surface area contributed by atoms with Crippen molar-refractivity contribution in [3.63, 3.8) is 0 Å². The molecule has 0 radical (unpaired) electrons. The van der Waals surface area contributed by atoms with Crippen LogP contribution in [0.2, 0.25) is 0 Å². The number of carbonyl (C=O) groups is 1. The van der Waals surface area contributed by atoms with Gasteiger partial charge in [0.15, 0.2) is 18.9 Å². The second-order valence-corrected chi connectivity index (χ2v) is 9.24. The molecular weight excluding hydrogens is 506 g/mol. The van der Waals surface area contributed by atoms with Crippen LogP contribution >= 0.6 is 0 Å². The highest BCUT2D eigenvalue weighted by molar-refractivity contribution is 5.73. The van der Waals surface area contributed by atoms with Gasteiger partial charge < -0.3 is 81.3 Å². The van der Waals surface area contributed by atoms with Gasteiger partial charge in [0.25, 0.3) is 0 Å². The first kappa shape index (κ1) is 30.4. The normalized spacial score (nSPS) is 49.0. The molecule has 3 rings (SSSR count). The summed E-state index contributed by atoms with van der Waals surface area (Å²) in [6.45, 7) is -0.974. The van der Waals surface area contributed by atoms with Crippen LogP contribution in [0.25, 0.3) is 0 Å².